The van der Waals surface area contributed by atoms with Crippen LogP contribution in [0.2, 0.25) is 0 Å². The van der Waals surface area contributed by atoms with Gasteiger partial charge in [-0.1, -0.05) is 6.07 Å². The first kappa shape index (κ1) is 20.1. The molecule has 1 aromatic carbocycles. The molecular formula is C21H27N7O2. The van der Waals surface area contributed by atoms with Gasteiger partial charge in [0, 0.05) is 49.7 Å². The molecule has 1 atom stereocenters. The number of anilines is 3. The van der Waals surface area contributed by atoms with Crippen LogP contribution < -0.4 is 21.7 Å². The van der Waals surface area contributed by atoms with Crippen molar-refractivity contribution in [3.8, 4) is 0 Å². The van der Waals surface area contributed by atoms with Crippen molar-refractivity contribution in [1.82, 2.24) is 14.9 Å². The second-order valence-electron chi connectivity index (χ2n) is 7.85. The number of nitrogens with zero attached hydrogens (tertiary/aromatic N) is 4. The van der Waals surface area contributed by atoms with Crippen LogP contribution in [0, 0.1) is 0 Å². The van der Waals surface area contributed by atoms with Gasteiger partial charge in [0.2, 0.25) is 5.95 Å². The SMILES string of the molecule is NC(=O)c1cnc(N2CCCC(N)C2)nc1Nc1cccc(C(=O)N2CCCC2)c1. The van der Waals surface area contributed by atoms with Gasteiger partial charge in [-0.3, -0.25) is 9.59 Å². The summed E-state index contributed by atoms with van der Waals surface area (Å²) >= 11 is 0. The topological polar surface area (TPSA) is 130 Å². The van der Waals surface area contributed by atoms with Gasteiger partial charge < -0.3 is 26.6 Å². The summed E-state index contributed by atoms with van der Waals surface area (Å²) in [6.07, 6.45) is 5.45. The number of piperidine rings is 1. The third kappa shape index (κ3) is 4.35. The standard InChI is InChI=1S/C21H27N7O2/c22-15-6-4-10-28(13-15)21-24-12-17(18(23)29)19(26-21)25-16-7-3-5-14(11-16)20(30)27-8-1-2-9-27/h3,5,7,11-12,15H,1-2,4,6,8-10,13,22H2,(H2,23,29)(H,24,25,26). The van der Waals surface area contributed by atoms with E-state index < -0.39 is 5.91 Å². The summed E-state index contributed by atoms with van der Waals surface area (Å²) in [6, 6.07) is 7.26. The van der Waals surface area contributed by atoms with Crippen molar-refractivity contribution in [3.63, 3.8) is 0 Å². The molecular weight excluding hydrogens is 382 g/mol. The number of aromatic nitrogens is 2. The van der Waals surface area contributed by atoms with Crippen molar-refractivity contribution in [2.75, 3.05) is 36.4 Å². The summed E-state index contributed by atoms with van der Waals surface area (Å²) in [7, 11) is 0. The van der Waals surface area contributed by atoms with E-state index in [-0.39, 0.29) is 17.5 Å². The minimum atomic E-state index is -0.622. The molecule has 2 fully saturated rings. The van der Waals surface area contributed by atoms with E-state index in [0.717, 1.165) is 45.3 Å². The molecule has 0 spiro atoms. The highest BCUT2D eigenvalue weighted by Gasteiger charge is 2.22. The predicted molar refractivity (Wildman–Crippen MR) is 115 cm³/mol. The van der Waals surface area contributed by atoms with Gasteiger partial charge in [0.25, 0.3) is 11.8 Å². The highest BCUT2D eigenvalue weighted by Crippen LogP contribution is 2.24. The molecule has 2 aliphatic heterocycles. The number of carbonyl (C=O) groups excluding carboxylic acids is 2. The Bertz CT molecular complexity index is 943. The molecule has 0 aliphatic carbocycles. The Kier molecular flexibility index (Phi) is 5.80. The fraction of sp³-hybridized carbons (Fsp3) is 0.429. The number of amides is 2. The zero-order valence-electron chi connectivity index (χ0n) is 16.9. The lowest BCUT2D eigenvalue weighted by atomic mass is 10.1. The molecule has 5 N–H and O–H groups in total. The normalized spacial score (nSPS) is 19.0. The van der Waals surface area contributed by atoms with Crippen molar-refractivity contribution in [2.24, 2.45) is 11.5 Å². The van der Waals surface area contributed by atoms with Crippen molar-refractivity contribution in [2.45, 2.75) is 31.7 Å². The molecule has 30 heavy (non-hydrogen) atoms. The summed E-state index contributed by atoms with van der Waals surface area (Å²) in [5, 5.41) is 3.15. The van der Waals surface area contributed by atoms with E-state index in [9.17, 15) is 9.59 Å². The van der Waals surface area contributed by atoms with Crippen LogP contribution in [-0.4, -0.2) is 58.9 Å². The molecule has 2 aromatic rings. The Hall–Kier alpha value is -3.20. The Balaban J connectivity index is 1.59. The maximum absolute atomic E-state index is 12.7. The molecule has 0 radical (unpaired) electrons. The van der Waals surface area contributed by atoms with E-state index >= 15 is 0 Å². The monoisotopic (exact) mass is 409 g/mol. The number of rotatable bonds is 5. The fourth-order valence-electron chi connectivity index (χ4n) is 3.96. The second kappa shape index (κ2) is 8.66. The van der Waals surface area contributed by atoms with E-state index in [1.54, 1.807) is 18.2 Å². The van der Waals surface area contributed by atoms with Gasteiger partial charge in [0.05, 0.1) is 0 Å². The van der Waals surface area contributed by atoms with Crippen LogP contribution in [0.5, 0.6) is 0 Å². The number of carbonyl (C=O) groups is 2. The summed E-state index contributed by atoms with van der Waals surface area (Å²) in [6.45, 7) is 3.04. The van der Waals surface area contributed by atoms with Gasteiger partial charge in [-0.25, -0.2) is 4.98 Å². The van der Waals surface area contributed by atoms with Crippen molar-refractivity contribution in [3.05, 3.63) is 41.6 Å². The Morgan fingerprint density at radius 3 is 2.67 bits per heavy atom. The van der Waals surface area contributed by atoms with Gasteiger partial charge in [-0.2, -0.15) is 4.98 Å². The van der Waals surface area contributed by atoms with Crippen LogP contribution in [0.4, 0.5) is 17.5 Å². The largest absolute Gasteiger partial charge is 0.365 e. The quantitative estimate of drug-likeness (QED) is 0.682. The number of nitrogens with two attached hydrogens (primary N) is 2. The first-order valence-corrected chi connectivity index (χ1v) is 10.3. The molecule has 0 bridgehead atoms. The summed E-state index contributed by atoms with van der Waals surface area (Å²) < 4.78 is 0. The molecule has 158 valence electrons. The van der Waals surface area contributed by atoms with Gasteiger partial charge in [0.15, 0.2) is 0 Å². The molecule has 2 saturated heterocycles. The van der Waals surface area contributed by atoms with Crippen LogP contribution in [0.3, 0.4) is 0 Å². The lowest BCUT2D eigenvalue weighted by Gasteiger charge is -2.31. The van der Waals surface area contributed by atoms with Gasteiger partial charge in [-0.05, 0) is 43.9 Å². The van der Waals surface area contributed by atoms with E-state index in [2.05, 4.69) is 15.3 Å². The molecule has 9 heteroatoms. The van der Waals surface area contributed by atoms with Crippen molar-refractivity contribution < 1.29 is 9.59 Å². The first-order valence-electron chi connectivity index (χ1n) is 10.3. The van der Waals surface area contributed by atoms with E-state index in [0.29, 0.717) is 29.6 Å². The van der Waals surface area contributed by atoms with E-state index in [1.807, 2.05) is 15.9 Å². The van der Waals surface area contributed by atoms with E-state index in [4.69, 9.17) is 11.5 Å². The van der Waals surface area contributed by atoms with E-state index in [1.165, 1.54) is 6.20 Å². The van der Waals surface area contributed by atoms with Gasteiger partial charge in [0.1, 0.15) is 11.4 Å². The zero-order valence-corrected chi connectivity index (χ0v) is 16.9. The van der Waals surface area contributed by atoms with Crippen LogP contribution >= 0.6 is 0 Å². The van der Waals surface area contributed by atoms with Crippen molar-refractivity contribution >= 4 is 29.3 Å². The van der Waals surface area contributed by atoms with Crippen LogP contribution in [0.25, 0.3) is 0 Å². The molecule has 4 rings (SSSR count). The lowest BCUT2D eigenvalue weighted by Crippen LogP contribution is -2.43. The number of primary amides is 1. The van der Waals surface area contributed by atoms with Gasteiger partial charge >= 0.3 is 0 Å². The minimum Gasteiger partial charge on any atom is -0.365 e. The third-order valence-corrected chi connectivity index (χ3v) is 5.55. The average Bonchev–Trinajstić information content (AvgIpc) is 3.28. The Morgan fingerprint density at radius 2 is 1.93 bits per heavy atom. The average molecular weight is 409 g/mol. The van der Waals surface area contributed by atoms with Crippen LogP contribution in [0.15, 0.2) is 30.5 Å². The summed E-state index contributed by atoms with van der Waals surface area (Å²) in [4.78, 5) is 37.3. The maximum Gasteiger partial charge on any atom is 0.254 e. The number of likely N-dealkylation sites (tertiary alicyclic amines) is 1. The molecule has 3 heterocycles. The molecule has 1 unspecified atom stereocenters. The van der Waals surface area contributed by atoms with Crippen molar-refractivity contribution in [1.29, 1.82) is 0 Å². The second-order valence-corrected chi connectivity index (χ2v) is 7.85. The number of hydrogen-bond donors (Lipinski definition) is 3. The van der Waals surface area contributed by atoms with Crippen LogP contribution in [0.1, 0.15) is 46.4 Å². The molecule has 1 aromatic heterocycles. The number of benzene rings is 1. The highest BCUT2D eigenvalue weighted by atomic mass is 16.2. The molecule has 2 aliphatic rings. The first-order chi connectivity index (χ1) is 14.5. The van der Waals surface area contributed by atoms with Gasteiger partial charge in [-0.15, -0.1) is 0 Å². The lowest BCUT2D eigenvalue weighted by molar-refractivity contribution is 0.0792. The number of nitrogens with one attached hydrogen (secondary N) is 1. The summed E-state index contributed by atoms with van der Waals surface area (Å²) in [5.41, 5.74) is 13.0. The number of hydrogen-bond acceptors (Lipinski definition) is 7. The van der Waals surface area contributed by atoms with Crippen LogP contribution in [-0.2, 0) is 0 Å². The zero-order chi connectivity index (χ0) is 21.1. The fourth-order valence-corrected chi connectivity index (χ4v) is 3.96. The maximum atomic E-state index is 12.7. The molecule has 0 saturated carbocycles. The predicted octanol–water partition coefficient (Wildman–Crippen LogP) is 1.48. The Morgan fingerprint density at radius 1 is 1.13 bits per heavy atom. The molecule has 2 amide bonds. The smallest absolute Gasteiger partial charge is 0.254 e. The third-order valence-electron chi connectivity index (χ3n) is 5.55. The highest BCUT2D eigenvalue weighted by molar-refractivity contribution is 5.99. The summed E-state index contributed by atoms with van der Waals surface area (Å²) in [5.74, 6) is 0.208. The minimum absolute atomic E-state index is 0.0111. The Labute approximate surface area is 175 Å². The molecule has 9 nitrogen and oxygen atoms in total.